The van der Waals surface area contributed by atoms with E-state index in [1.165, 1.54) is 24.3 Å². The molecule has 0 radical (unpaired) electrons. The molecule has 0 aliphatic rings. The van der Waals surface area contributed by atoms with Crippen LogP contribution in [0, 0.1) is 58.6 Å². The standard InChI is InChI=1S/C29H14F6O/c1-2-9-36-21-15-26(32)23(27(33)16-21)8-5-18-11-24(30)22(25(31)12-18)7-4-17-3-6-19-13-28(34)29(35)14-20(19)10-17/h2-3,6,10-16H,1,9H2. The number of fused-ring (bicyclic) bond motifs is 1. The molecule has 4 aromatic carbocycles. The van der Waals surface area contributed by atoms with Crippen LogP contribution in [-0.4, -0.2) is 6.61 Å². The second-order valence-electron chi connectivity index (χ2n) is 7.50. The monoisotopic (exact) mass is 492 g/mol. The fourth-order valence-corrected chi connectivity index (χ4v) is 3.26. The van der Waals surface area contributed by atoms with Crippen LogP contribution in [0.25, 0.3) is 10.8 Å². The van der Waals surface area contributed by atoms with Crippen molar-refractivity contribution in [3.8, 4) is 29.4 Å². The molecule has 0 aliphatic carbocycles. The van der Waals surface area contributed by atoms with Gasteiger partial charge in [0.15, 0.2) is 11.6 Å². The van der Waals surface area contributed by atoms with E-state index in [2.05, 4.69) is 30.3 Å². The van der Waals surface area contributed by atoms with Crippen molar-refractivity contribution < 1.29 is 31.1 Å². The van der Waals surface area contributed by atoms with Crippen LogP contribution < -0.4 is 4.74 Å². The topological polar surface area (TPSA) is 9.23 Å². The van der Waals surface area contributed by atoms with Crippen LogP contribution in [-0.2, 0) is 0 Å². The van der Waals surface area contributed by atoms with Gasteiger partial charge < -0.3 is 4.74 Å². The molecule has 0 saturated carbocycles. The minimum absolute atomic E-state index is 0.0527. The molecule has 0 aliphatic heterocycles. The van der Waals surface area contributed by atoms with E-state index in [1.807, 2.05) is 0 Å². The molecule has 0 N–H and O–H groups in total. The molecule has 4 aromatic rings. The molecule has 0 unspecified atom stereocenters. The summed E-state index contributed by atoms with van der Waals surface area (Å²) in [5.41, 5.74) is -0.975. The normalized spacial score (nSPS) is 10.3. The quantitative estimate of drug-likeness (QED) is 0.169. The van der Waals surface area contributed by atoms with E-state index in [4.69, 9.17) is 4.74 Å². The summed E-state index contributed by atoms with van der Waals surface area (Å²) in [6.45, 7) is 3.49. The summed E-state index contributed by atoms with van der Waals surface area (Å²) in [4.78, 5) is 0. The highest BCUT2D eigenvalue weighted by Gasteiger charge is 2.12. The average Bonchev–Trinajstić information content (AvgIpc) is 2.82. The van der Waals surface area contributed by atoms with Gasteiger partial charge in [0, 0.05) is 23.3 Å². The van der Waals surface area contributed by atoms with Gasteiger partial charge in [0.05, 0.1) is 11.1 Å². The van der Waals surface area contributed by atoms with Crippen molar-refractivity contribution in [2.45, 2.75) is 0 Å². The summed E-state index contributed by atoms with van der Waals surface area (Å²) in [6.07, 6.45) is 1.41. The van der Waals surface area contributed by atoms with Crippen molar-refractivity contribution in [3.05, 3.63) is 124 Å². The number of halogens is 6. The summed E-state index contributed by atoms with van der Waals surface area (Å²) < 4.78 is 89.4. The zero-order valence-electron chi connectivity index (χ0n) is 18.4. The maximum absolute atomic E-state index is 14.5. The fourth-order valence-electron chi connectivity index (χ4n) is 3.26. The third-order valence-corrected chi connectivity index (χ3v) is 4.97. The van der Waals surface area contributed by atoms with E-state index >= 15 is 0 Å². The zero-order chi connectivity index (χ0) is 25.8. The molecule has 36 heavy (non-hydrogen) atoms. The third kappa shape index (κ3) is 5.37. The molecule has 0 atom stereocenters. The van der Waals surface area contributed by atoms with Gasteiger partial charge in [0.1, 0.15) is 35.6 Å². The molecule has 0 heterocycles. The molecule has 0 amide bonds. The lowest BCUT2D eigenvalue weighted by molar-refractivity contribution is 0.358. The lowest BCUT2D eigenvalue weighted by Gasteiger charge is -2.05. The summed E-state index contributed by atoms with van der Waals surface area (Å²) in [6, 6.07) is 10.1. The number of benzene rings is 4. The van der Waals surface area contributed by atoms with Gasteiger partial charge in [-0.2, -0.15) is 0 Å². The Kier molecular flexibility index (Phi) is 7.03. The van der Waals surface area contributed by atoms with Crippen LogP contribution >= 0.6 is 0 Å². The first-order valence-electron chi connectivity index (χ1n) is 10.4. The lowest BCUT2D eigenvalue weighted by Crippen LogP contribution is -1.97. The molecule has 0 bridgehead atoms. The minimum Gasteiger partial charge on any atom is -0.489 e. The van der Waals surface area contributed by atoms with Crippen molar-refractivity contribution in [1.29, 1.82) is 0 Å². The van der Waals surface area contributed by atoms with Crippen LogP contribution in [0.15, 0.2) is 67.3 Å². The molecule has 0 saturated heterocycles. The van der Waals surface area contributed by atoms with Crippen LogP contribution in [0.2, 0.25) is 0 Å². The maximum Gasteiger partial charge on any atom is 0.159 e. The van der Waals surface area contributed by atoms with Crippen molar-refractivity contribution >= 4 is 10.8 Å². The highest BCUT2D eigenvalue weighted by Crippen LogP contribution is 2.22. The minimum atomic E-state index is -1.03. The Bertz CT molecular complexity index is 1590. The summed E-state index contributed by atoms with van der Waals surface area (Å²) in [5, 5.41) is 0.804. The van der Waals surface area contributed by atoms with Crippen LogP contribution in [0.3, 0.4) is 0 Å². The van der Waals surface area contributed by atoms with E-state index in [1.54, 1.807) is 0 Å². The van der Waals surface area contributed by atoms with E-state index in [-0.39, 0.29) is 17.9 Å². The second-order valence-corrected chi connectivity index (χ2v) is 7.50. The zero-order valence-corrected chi connectivity index (χ0v) is 18.4. The van der Waals surface area contributed by atoms with Gasteiger partial charge in [-0.25, -0.2) is 26.3 Å². The molecule has 4 rings (SSSR count). The number of hydrogen-bond acceptors (Lipinski definition) is 1. The molecule has 0 spiro atoms. The Balaban J connectivity index is 1.61. The number of rotatable bonds is 3. The molecular weight excluding hydrogens is 478 g/mol. The maximum atomic E-state index is 14.5. The van der Waals surface area contributed by atoms with Gasteiger partial charge in [-0.3, -0.25) is 0 Å². The number of hydrogen-bond donors (Lipinski definition) is 0. The first kappa shape index (κ1) is 24.5. The molecule has 7 heteroatoms. The second kappa shape index (κ2) is 10.3. The fraction of sp³-hybridized carbons (Fsp3) is 0.0345. The lowest BCUT2D eigenvalue weighted by atomic mass is 10.1. The summed E-state index contributed by atoms with van der Waals surface area (Å²) in [5.74, 6) is 3.39. The van der Waals surface area contributed by atoms with Gasteiger partial charge in [0.2, 0.25) is 0 Å². The summed E-state index contributed by atoms with van der Waals surface area (Å²) >= 11 is 0. The molecule has 0 fully saturated rings. The Morgan fingerprint density at radius 1 is 0.583 bits per heavy atom. The number of ether oxygens (including phenoxy) is 1. The van der Waals surface area contributed by atoms with Gasteiger partial charge in [-0.15, -0.1) is 0 Å². The SMILES string of the molecule is C=CCOc1cc(F)c(C#Cc2cc(F)c(C#Cc3ccc4cc(F)c(F)cc4c3)c(F)c2)c(F)c1. The molecule has 1 nitrogen and oxygen atoms in total. The molecule has 0 aromatic heterocycles. The highest BCUT2D eigenvalue weighted by atomic mass is 19.2. The van der Waals surface area contributed by atoms with Crippen molar-refractivity contribution in [2.24, 2.45) is 0 Å². The smallest absolute Gasteiger partial charge is 0.159 e. The van der Waals surface area contributed by atoms with Gasteiger partial charge in [-0.1, -0.05) is 42.4 Å². The predicted octanol–water partition coefficient (Wildman–Crippen LogP) is 7.04. The Morgan fingerprint density at radius 3 is 1.69 bits per heavy atom. The van der Waals surface area contributed by atoms with Gasteiger partial charge in [0.25, 0.3) is 0 Å². The Hall–Kier alpha value is -4.62. The van der Waals surface area contributed by atoms with E-state index in [0.717, 1.165) is 36.4 Å². The first-order chi connectivity index (χ1) is 17.2. The predicted molar refractivity (Wildman–Crippen MR) is 124 cm³/mol. The molecular formula is C29H14F6O. The third-order valence-electron chi connectivity index (χ3n) is 4.97. The van der Waals surface area contributed by atoms with Crippen molar-refractivity contribution in [3.63, 3.8) is 0 Å². The van der Waals surface area contributed by atoms with Crippen molar-refractivity contribution in [1.82, 2.24) is 0 Å². The molecule has 178 valence electrons. The Labute approximate surface area is 202 Å². The van der Waals surface area contributed by atoms with Gasteiger partial charge >= 0.3 is 0 Å². The Morgan fingerprint density at radius 2 is 1.11 bits per heavy atom. The summed E-state index contributed by atoms with van der Waals surface area (Å²) in [7, 11) is 0. The highest BCUT2D eigenvalue weighted by molar-refractivity contribution is 5.84. The van der Waals surface area contributed by atoms with Crippen LogP contribution in [0.5, 0.6) is 5.75 Å². The first-order valence-corrected chi connectivity index (χ1v) is 10.4. The van der Waals surface area contributed by atoms with Gasteiger partial charge in [-0.05, 0) is 47.2 Å². The van der Waals surface area contributed by atoms with Crippen molar-refractivity contribution in [2.75, 3.05) is 6.61 Å². The van der Waals surface area contributed by atoms with E-state index < -0.39 is 46.0 Å². The van der Waals surface area contributed by atoms with Crippen LogP contribution in [0.4, 0.5) is 26.3 Å². The average molecular weight is 492 g/mol. The van der Waals surface area contributed by atoms with E-state index in [9.17, 15) is 26.3 Å². The van der Waals surface area contributed by atoms with Crippen LogP contribution in [0.1, 0.15) is 22.3 Å². The van der Waals surface area contributed by atoms with E-state index in [0.29, 0.717) is 16.3 Å². The largest absolute Gasteiger partial charge is 0.489 e.